The van der Waals surface area contributed by atoms with Crippen molar-refractivity contribution in [2.45, 2.75) is 31.7 Å². The van der Waals surface area contributed by atoms with Crippen LogP contribution >= 0.6 is 0 Å². The van der Waals surface area contributed by atoms with E-state index < -0.39 is 0 Å². The van der Waals surface area contributed by atoms with Gasteiger partial charge in [-0.1, -0.05) is 18.2 Å². The molecular weight excluding hydrogens is 224 g/mol. The fourth-order valence-electron chi connectivity index (χ4n) is 2.69. The van der Waals surface area contributed by atoms with Crippen molar-refractivity contribution >= 4 is 6.29 Å². The maximum absolute atomic E-state index is 11.3. The van der Waals surface area contributed by atoms with Crippen molar-refractivity contribution in [3.05, 3.63) is 53.6 Å². The van der Waals surface area contributed by atoms with Crippen LogP contribution in [0.5, 0.6) is 0 Å². The highest BCUT2D eigenvalue weighted by Crippen LogP contribution is 2.25. The second-order valence-corrected chi connectivity index (χ2v) is 4.83. The molecule has 0 saturated heterocycles. The number of aryl methyl sites for hydroxylation is 2. The number of nitrogens with zero attached hydrogens (tertiary/aromatic N) is 2. The number of aromatic nitrogens is 2. The Hall–Kier alpha value is -1.90. The summed E-state index contributed by atoms with van der Waals surface area (Å²) in [5.74, 6) is 0. The fourth-order valence-corrected chi connectivity index (χ4v) is 2.69. The van der Waals surface area contributed by atoms with Crippen molar-refractivity contribution in [1.29, 1.82) is 0 Å². The standard InChI is InChI=1S/C15H16N2O/c18-10-15(17-8-7-16-11-17)14-6-5-12-3-1-2-4-13(12)9-14/h5-11,15H,1-4H2. The first kappa shape index (κ1) is 11.2. The van der Waals surface area contributed by atoms with Crippen LogP contribution in [0.1, 0.15) is 35.6 Å². The van der Waals surface area contributed by atoms with E-state index in [2.05, 4.69) is 23.2 Å². The summed E-state index contributed by atoms with van der Waals surface area (Å²) in [5.41, 5.74) is 3.91. The smallest absolute Gasteiger partial charge is 0.147 e. The van der Waals surface area contributed by atoms with E-state index in [4.69, 9.17) is 0 Å². The first-order valence-electron chi connectivity index (χ1n) is 6.43. The molecule has 0 amide bonds. The Morgan fingerprint density at radius 1 is 1.22 bits per heavy atom. The minimum atomic E-state index is -0.250. The van der Waals surface area contributed by atoms with Gasteiger partial charge in [-0.3, -0.25) is 0 Å². The van der Waals surface area contributed by atoms with E-state index in [1.807, 2.05) is 10.8 Å². The number of aldehydes is 1. The summed E-state index contributed by atoms with van der Waals surface area (Å²) in [6, 6.07) is 6.19. The molecule has 0 aliphatic heterocycles. The average molecular weight is 240 g/mol. The Morgan fingerprint density at radius 2 is 2.06 bits per heavy atom. The summed E-state index contributed by atoms with van der Waals surface area (Å²) in [7, 11) is 0. The van der Waals surface area contributed by atoms with Gasteiger partial charge >= 0.3 is 0 Å². The quantitative estimate of drug-likeness (QED) is 0.773. The van der Waals surface area contributed by atoms with Gasteiger partial charge in [0.25, 0.3) is 0 Å². The SMILES string of the molecule is O=CC(c1ccc2c(c1)CCCC2)n1ccnc1. The Bertz CT molecular complexity index is 546. The predicted octanol–water partition coefficient (Wildman–Crippen LogP) is 2.55. The Morgan fingerprint density at radius 3 is 2.78 bits per heavy atom. The summed E-state index contributed by atoms with van der Waals surface area (Å²) < 4.78 is 1.84. The summed E-state index contributed by atoms with van der Waals surface area (Å²) in [6.45, 7) is 0. The van der Waals surface area contributed by atoms with Crippen LogP contribution in [0.3, 0.4) is 0 Å². The molecule has 3 nitrogen and oxygen atoms in total. The number of carbonyl (C=O) groups is 1. The maximum atomic E-state index is 11.3. The van der Waals surface area contributed by atoms with E-state index in [-0.39, 0.29) is 6.04 Å². The number of benzene rings is 1. The second kappa shape index (κ2) is 4.77. The van der Waals surface area contributed by atoms with Gasteiger partial charge in [0.1, 0.15) is 12.3 Å². The highest BCUT2D eigenvalue weighted by molar-refractivity contribution is 5.62. The number of hydrogen-bond donors (Lipinski definition) is 0. The minimum Gasteiger partial charge on any atom is -0.323 e. The van der Waals surface area contributed by atoms with Crippen LogP contribution in [-0.4, -0.2) is 15.8 Å². The third-order valence-corrected chi connectivity index (χ3v) is 3.69. The Labute approximate surface area is 106 Å². The highest BCUT2D eigenvalue weighted by atomic mass is 16.1. The summed E-state index contributed by atoms with van der Waals surface area (Å²) >= 11 is 0. The summed E-state index contributed by atoms with van der Waals surface area (Å²) in [4.78, 5) is 15.3. The Balaban J connectivity index is 1.98. The van der Waals surface area contributed by atoms with Gasteiger partial charge in [-0.15, -0.1) is 0 Å². The number of hydrogen-bond acceptors (Lipinski definition) is 2. The van der Waals surface area contributed by atoms with Gasteiger partial charge in [-0.05, 0) is 42.4 Å². The van der Waals surface area contributed by atoms with Crippen molar-refractivity contribution in [1.82, 2.24) is 9.55 Å². The first-order chi connectivity index (χ1) is 8.88. The normalized spacial score (nSPS) is 16.0. The molecule has 0 saturated carbocycles. The van der Waals surface area contributed by atoms with Crippen molar-refractivity contribution in [3.63, 3.8) is 0 Å². The van der Waals surface area contributed by atoms with E-state index in [0.29, 0.717) is 0 Å². The van der Waals surface area contributed by atoms with Gasteiger partial charge in [0.05, 0.1) is 6.33 Å². The van der Waals surface area contributed by atoms with Crippen LogP contribution < -0.4 is 0 Å². The Kier molecular flexibility index (Phi) is 2.97. The third kappa shape index (κ3) is 1.96. The molecule has 1 aromatic heterocycles. The molecule has 0 fully saturated rings. The van der Waals surface area contributed by atoms with E-state index >= 15 is 0 Å². The monoisotopic (exact) mass is 240 g/mol. The number of imidazole rings is 1. The van der Waals surface area contributed by atoms with Crippen LogP contribution in [0.15, 0.2) is 36.9 Å². The predicted molar refractivity (Wildman–Crippen MR) is 69.5 cm³/mol. The molecule has 1 unspecified atom stereocenters. The molecule has 0 bridgehead atoms. The van der Waals surface area contributed by atoms with Gasteiger partial charge in [0.15, 0.2) is 0 Å². The summed E-state index contributed by atoms with van der Waals surface area (Å²) in [5, 5.41) is 0. The van der Waals surface area contributed by atoms with Crippen molar-refractivity contribution in [3.8, 4) is 0 Å². The molecule has 0 N–H and O–H groups in total. The van der Waals surface area contributed by atoms with E-state index in [9.17, 15) is 4.79 Å². The minimum absolute atomic E-state index is 0.250. The second-order valence-electron chi connectivity index (χ2n) is 4.83. The molecule has 1 aliphatic carbocycles. The zero-order valence-electron chi connectivity index (χ0n) is 10.2. The molecule has 3 rings (SSSR count). The van der Waals surface area contributed by atoms with Crippen LogP contribution in [0.4, 0.5) is 0 Å². The summed E-state index contributed by atoms with van der Waals surface area (Å²) in [6.07, 6.45) is 11.1. The van der Waals surface area contributed by atoms with E-state index in [1.165, 1.54) is 30.4 Å². The fraction of sp³-hybridized carbons (Fsp3) is 0.333. The first-order valence-corrected chi connectivity index (χ1v) is 6.43. The maximum Gasteiger partial charge on any atom is 0.147 e. The van der Waals surface area contributed by atoms with Crippen LogP contribution in [0.25, 0.3) is 0 Å². The van der Waals surface area contributed by atoms with Crippen LogP contribution in [0, 0.1) is 0 Å². The van der Waals surface area contributed by atoms with Crippen molar-refractivity contribution in [2.24, 2.45) is 0 Å². The van der Waals surface area contributed by atoms with Crippen molar-refractivity contribution < 1.29 is 4.79 Å². The van der Waals surface area contributed by atoms with Crippen molar-refractivity contribution in [2.75, 3.05) is 0 Å². The molecule has 0 radical (unpaired) electrons. The lowest BCUT2D eigenvalue weighted by atomic mass is 9.89. The van der Waals surface area contributed by atoms with E-state index in [1.54, 1.807) is 12.5 Å². The molecule has 92 valence electrons. The highest BCUT2D eigenvalue weighted by Gasteiger charge is 2.15. The number of fused-ring (bicyclic) bond motifs is 1. The van der Waals surface area contributed by atoms with Crippen LogP contribution in [-0.2, 0) is 17.6 Å². The lowest BCUT2D eigenvalue weighted by molar-refractivity contribution is -0.109. The largest absolute Gasteiger partial charge is 0.323 e. The molecular formula is C15H16N2O. The topological polar surface area (TPSA) is 34.9 Å². The van der Waals surface area contributed by atoms with Gasteiger partial charge in [0.2, 0.25) is 0 Å². The molecule has 0 spiro atoms. The van der Waals surface area contributed by atoms with Gasteiger partial charge in [-0.25, -0.2) is 4.98 Å². The van der Waals surface area contributed by atoms with Gasteiger partial charge in [-0.2, -0.15) is 0 Å². The zero-order chi connectivity index (χ0) is 12.4. The molecule has 1 aliphatic rings. The average Bonchev–Trinajstić information content (AvgIpc) is 2.93. The van der Waals surface area contributed by atoms with Gasteiger partial charge < -0.3 is 9.36 Å². The lowest BCUT2D eigenvalue weighted by Crippen LogP contribution is -2.12. The third-order valence-electron chi connectivity index (χ3n) is 3.69. The lowest BCUT2D eigenvalue weighted by Gasteiger charge is -2.19. The molecule has 1 heterocycles. The van der Waals surface area contributed by atoms with Crippen LogP contribution in [0.2, 0.25) is 0 Å². The zero-order valence-corrected chi connectivity index (χ0v) is 10.2. The number of carbonyl (C=O) groups excluding carboxylic acids is 1. The number of rotatable bonds is 3. The molecule has 1 aromatic carbocycles. The van der Waals surface area contributed by atoms with Gasteiger partial charge in [0, 0.05) is 12.4 Å². The molecule has 3 heteroatoms. The van der Waals surface area contributed by atoms with E-state index in [0.717, 1.165) is 18.3 Å². The molecule has 2 aromatic rings. The molecule has 1 atom stereocenters. The molecule has 18 heavy (non-hydrogen) atoms.